The SMILES string of the molecule is CCCOc1c(C)cc(C(=O)/C=C/c2cc(C)c(OC(C)(C)C(=O)O)c(C)c2)cc1C.CCCOc1c(C)cc(C(=O)/C=C/c2cc(C)c(OC(C)(C)C(=O)OC(C)(C)C)c(C)c2)cc1C. The van der Waals surface area contributed by atoms with Crippen molar-refractivity contribution in [2.75, 3.05) is 13.2 Å². The first-order valence-electron chi connectivity index (χ1n) is 22.6. The van der Waals surface area contributed by atoms with Crippen LogP contribution in [0.1, 0.15) is 152 Å². The summed E-state index contributed by atoms with van der Waals surface area (Å²) in [6.45, 7) is 32.8. The maximum atomic E-state index is 12.9. The zero-order valence-electron chi connectivity index (χ0n) is 42.4. The second kappa shape index (κ2) is 22.8. The van der Waals surface area contributed by atoms with Gasteiger partial charge in [-0.15, -0.1) is 0 Å². The van der Waals surface area contributed by atoms with Crippen molar-refractivity contribution in [3.63, 3.8) is 0 Å². The first-order valence-corrected chi connectivity index (χ1v) is 22.6. The Balaban J connectivity index is 0.000000353. The van der Waals surface area contributed by atoms with E-state index in [1.165, 1.54) is 13.8 Å². The molecule has 356 valence electrons. The Kier molecular flexibility index (Phi) is 18.7. The van der Waals surface area contributed by atoms with Gasteiger partial charge in [0.15, 0.2) is 22.8 Å². The number of allylic oxidation sites excluding steroid dienone is 2. The second-order valence-corrected chi connectivity index (χ2v) is 19.0. The largest absolute Gasteiger partial charge is 0.493 e. The van der Waals surface area contributed by atoms with Crippen LogP contribution in [0.15, 0.2) is 60.7 Å². The monoisotopic (exact) mass is 905 g/mol. The molecule has 0 heterocycles. The Bertz CT molecular complexity index is 2380. The van der Waals surface area contributed by atoms with Crippen molar-refractivity contribution < 1.29 is 48.0 Å². The lowest BCUT2D eigenvalue weighted by Crippen LogP contribution is -2.43. The number of benzene rings is 4. The van der Waals surface area contributed by atoms with Crippen molar-refractivity contribution in [3.05, 3.63) is 127 Å². The second-order valence-electron chi connectivity index (χ2n) is 19.0. The van der Waals surface area contributed by atoms with Crippen LogP contribution in [0.25, 0.3) is 12.2 Å². The lowest BCUT2D eigenvalue weighted by molar-refractivity contribution is -0.171. The van der Waals surface area contributed by atoms with E-state index in [4.69, 9.17) is 23.7 Å². The van der Waals surface area contributed by atoms with Gasteiger partial charge in [-0.1, -0.05) is 26.0 Å². The van der Waals surface area contributed by atoms with Crippen molar-refractivity contribution in [1.82, 2.24) is 0 Å². The van der Waals surface area contributed by atoms with Crippen LogP contribution in [-0.4, -0.2) is 58.6 Å². The van der Waals surface area contributed by atoms with Crippen molar-refractivity contribution >= 4 is 35.7 Å². The topological polar surface area (TPSA) is 135 Å². The first kappa shape index (κ1) is 54.2. The number of esters is 1. The number of carbonyl (C=O) groups excluding carboxylic acids is 3. The molecule has 0 aliphatic rings. The van der Waals surface area contributed by atoms with E-state index in [9.17, 15) is 24.3 Å². The Morgan fingerprint density at radius 3 is 1.08 bits per heavy atom. The molecule has 0 spiro atoms. The van der Waals surface area contributed by atoms with E-state index in [1.807, 2.05) is 125 Å². The zero-order valence-corrected chi connectivity index (χ0v) is 42.4. The third-order valence-electron chi connectivity index (χ3n) is 10.3. The van der Waals surface area contributed by atoms with Gasteiger partial charge < -0.3 is 28.8 Å². The first-order chi connectivity index (χ1) is 30.6. The van der Waals surface area contributed by atoms with Crippen LogP contribution in [0.3, 0.4) is 0 Å². The summed E-state index contributed by atoms with van der Waals surface area (Å²) in [5.74, 6) is 1.27. The Labute approximate surface area is 393 Å². The molecule has 0 fully saturated rings. The van der Waals surface area contributed by atoms with Gasteiger partial charge in [0, 0.05) is 11.1 Å². The summed E-state index contributed by atoms with van der Waals surface area (Å²) < 4.78 is 29.0. The van der Waals surface area contributed by atoms with Crippen molar-refractivity contribution in [2.45, 2.75) is 147 Å². The molecular formula is C56H72O10. The van der Waals surface area contributed by atoms with E-state index in [0.29, 0.717) is 35.8 Å². The van der Waals surface area contributed by atoms with E-state index in [1.54, 1.807) is 38.2 Å². The molecule has 10 nitrogen and oxygen atoms in total. The zero-order chi connectivity index (χ0) is 49.9. The number of hydrogen-bond acceptors (Lipinski definition) is 9. The van der Waals surface area contributed by atoms with Gasteiger partial charge in [-0.25, -0.2) is 9.59 Å². The summed E-state index contributed by atoms with van der Waals surface area (Å²) in [6, 6.07) is 15.1. The highest BCUT2D eigenvalue weighted by Crippen LogP contribution is 2.32. The predicted molar refractivity (Wildman–Crippen MR) is 265 cm³/mol. The number of carbonyl (C=O) groups is 4. The molecule has 0 saturated carbocycles. The molecule has 0 aliphatic carbocycles. The lowest BCUT2D eigenvalue weighted by atomic mass is 10.0. The molecule has 0 aliphatic heterocycles. The van der Waals surface area contributed by atoms with E-state index < -0.39 is 28.7 Å². The molecule has 0 aromatic heterocycles. The van der Waals surface area contributed by atoms with Gasteiger partial charge in [-0.3, -0.25) is 9.59 Å². The molecule has 0 unspecified atom stereocenters. The van der Waals surface area contributed by atoms with Gasteiger partial charge in [0.1, 0.15) is 28.6 Å². The van der Waals surface area contributed by atoms with E-state index in [2.05, 4.69) is 13.8 Å². The Morgan fingerprint density at radius 2 is 0.788 bits per heavy atom. The molecule has 0 radical (unpaired) electrons. The fourth-order valence-corrected chi connectivity index (χ4v) is 7.06. The van der Waals surface area contributed by atoms with Crippen LogP contribution in [-0.2, 0) is 14.3 Å². The average Bonchev–Trinajstić information content (AvgIpc) is 3.20. The molecule has 0 amide bonds. The van der Waals surface area contributed by atoms with Crippen LogP contribution in [0.2, 0.25) is 0 Å². The minimum Gasteiger partial charge on any atom is -0.493 e. The fraction of sp³-hybridized carbons (Fsp3) is 0.429. The van der Waals surface area contributed by atoms with Gasteiger partial charge >= 0.3 is 11.9 Å². The molecule has 1 N–H and O–H groups in total. The Hall–Kier alpha value is -6.16. The van der Waals surface area contributed by atoms with Crippen LogP contribution < -0.4 is 18.9 Å². The van der Waals surface area contributed by atoms with Gasteiger partial charge in [-0.05, 0) is 233 Å². The summed E-state index contributed by atoms with van der Waals surface area (Å²) in [5, 5.41) is 9.31. The normalized spacial score (nSPS) is 11.8. The van der Waals surface area contributed by atoms with E-state index >= 15 is 0 Å². The van der Waals surface area contributed by atoms with Crippen molar-refractivity contribution in [2.24, 2.45) is 0 Å². The average molecular weight is 905 g/mol. The number of ketones is 2. The summed E-state index contributed by atoms with van der Waals surface area (Å²) in [6.07, 6.45) is 8.57. The summed E-state index contributed by atoms with van der Waals surface area (Å²) in [7, 11) is 0. The highest BCUT2D eigenvalue weighted by molar-refractivity contribution is 6.08. The smallest absolute Gasteiger partial charge is 0.350 e. The van der Waals surface area contributed by atoms with Gasteiger partial charge in [0.05, 0.1) is 13.2 Å². The molecule has 66 heavy (non-hydrogen) atoms. The number of hydrogen-bond donors (Lipinski definition) is 1. The number of ether oxygens (including phenoxy) is 5. The Morgan fingerprint density at radius 1 is 0.485 bits per heavy atom. The molecule has 10 heteroatoms. The van der Waals surface area contributed by atoms with Crippen LogP contribution in [0.5, 0.6) is 23.0 Å². The molecule has 0 atom stereocenters. The standard InChI is InChI=1S/C30H40O5.C26H32O5/c1-11-14-33-26-21(4)17-24(18-22(26)5)25(31)13-12-23-15-19(2)27(20(3)16-23)34-30(9,10)28(32)35-29(6,7)8;1-8-11-30-23-18(4)14-21(15-19(23)5)22(27)10-9-20-12-16(2)24(17(3)13-20)31-26(6,7)25(28)29/h12-13,15-18H,11,14H2,1-10H3;9-10,12-15H,8,11H2,1-7H3,(H,28,29)/b13-12+;10-9+. The summed E-state index contributed by atoms with van der Waals surface area (Å²) in [4.78, 5) is 49.6. The van der Waals surface area contributed by atoms with Crippen LogP contribution in [0.4, 0.5) is 0 Å². The maximum Gasteiger partial charge on any atom is 0.350 e. The highest BCUT2D eigenvalue weighted by Gasteiger charge is 2.36. The summed E-state index contributed by atoms with van der Waals surface area (Å²) >= 11 is 0. The van der Waals surface area contributed by atoms with Crippen molar-refractivity contribution in [3.8, 4) is 23.0 Å². The number of aliphatic carboxylic acids is 1. The molecule has 0 saturated heterocycles. The molecule has 4 aromatic carbocycles. The fourth-order valence-electron chi connectivity index (χ4n) is 7.06. The minimum absolute atomic E-state index is 0.0695. The molecule has 0 bridgehead atoms. The quantitative estimate of drug-likeness (QED) is 0.0584. The van der Waals surface area contributed by atoms with Gasteiger partial charge in [0.25, 0.3) is 0 Å². The number of carboxylic acids is 1. The molecule has 4 aromatic rings. The molecular weight excluding hydrogens is 833 g/mol. The predicted octanol–water partition coefficient (Wildman–Crippen LogP) is 13.0. The highest BCUT2D eigenvalue weighted by atomic mass is 16.6. The number of rotatable bonds is 18. The summed E-state index contributed by atoms with van der Waals surface area (Å²) in [5.41, 5.74) is 7.08. The van der Waals surface area contributed by atoms with Gasteiger partial charge in [0.2, 0.25) is 0 Å². The van der Waals surface area contributed by atoms with Gasteiger partial charge in [-0.2, -0.15) is 0 Å². The van der Waals surface area contributed by atoms with E-state index in [-0.39, 0.29) is 11.6 Å². The number of carboxylic acid groups (broad SMARTS) is 1. The third kappa shape index (κ3) is 15.2. The van der Waals surface area contributed by atoms with Crippen molar-refractivity contribution in [1.29, 1.82) is 0 Å². The molecule has 4 rings (SSSR count). The maximum absolute atomic E-state index is 12.9. The third-order valence-corrected chi connectivity index (χ3v) is 10.3. The van der Waals surface area contributed by atoms with Crippen LogP contribution in [0, 0.1) is 55.4 Å². The lowest BCUT2D eigenvalue weighted by Gasteiger charge is -2.30. The number of aryl methyl sites for hydroxylation is 8. The van der Waals surface area contributed by atoms with Crippen LogP contribution >= 0.6 is 0 Å². The van der Waals surface area contributed by atoms with E-state index in [0.717, 1.165) is 80.0 Å². The minimum atomic E-state index is -1.33.